The largest absolute Gasteiger partial charge is 0.318 e. The third kappa shape index (κ3) is 3.64. The number of fused-ring (bicyclic) bond motifs is 12. The lowest BCUT2D eigenvalue weighted by atomic mass is 10.0. The molecule has 0 saturated heterocycles. The predicted molar refractivity (Wildman–Crippen MR) is 205 cm³/mol. The van der Waals surface area contributed by atoms with Crippen LogP contribution in [-0.2, 0) is 7.05 Å². The van der Waals surface area contributed by atoms with Gasteiger partial charge in [-0.15, -0.1) is 0 Å². The van der Waals surface area contributed by atoms with Crippen molar-refractivity contribution in [3.8, 4) is 22.9 Å². The molecule has 0 N–H and O–H groups in total. The summed E-state index contributed by atoms with van der Waals surface area (Å²) in [6, 6.07) is 51.9. The molecule has 4 heterocycles. The molecule has 11 aromatic rings. The normalized spacial score (nSPS) is 12.1. The van der Waals surface area contributed by atoms with Gasteiger partial charge < -0.3 is 9.13 Å². The molecule has 6 heteroatoms. The summed E-state index contributed by atoms with van der Waals surface area (Å²) in [5, 5.41) is 9.43. The maximum Gasteiger partial charge on any atom is 0.237 e. The van der Waals surface area contributed by atoms with E-state index < -0.39 is 0 Å². The van der Waals surface area contributed by atoms with E-state index in [-0.39, 0.29) is 0 Å². The van der Waals surface area contributed by atoms with Gasteiger partial charge in [0.05, 0.1) is 28.4 Å². The molecule has 6 nitrogen and oxygen atoms in total. The highest BCUT2D eigenvalue weighted by molar-refractivity contribution is 6.28. The van der Waals surface area contributed by atoms with Gasteiger partial charge in [-0.2, -0.15) is 4.98 Å². The van der Waals surface area contributed by atoms with Gasteiger partial charge in [-0.25, -0.2) is 9.97 Å². The van der Waals surface area contributed by atoms with Crippen LogP contribution < -0.4 is 0 Å². The Labute approximate surface area is 286 Å². The first-order valence-electron chi connectivity index (χ1n) is 16.9. The van der Waals surface area contributed by atoms with Crippen molar-refractivity contribution in [3.63, 3.8) is 0 Å². The first-order chi connectivity index (χ1) is 24.7. The van der Waals surface area contributed by atoms with Gasteiger partial charge in [0.2, 0.25) is 5.95 Å². The van der Waals surface area contributed by atoms with Crippen LogP contribution in [0, 0.1) is 0 Å². The fourth-order valence-corrected chi connectivity index (χ4v) is 8.05. The molecule has 0 aliphatic heterocycles. The summed E-state index contributed by atoms with van der Waals surface area (Å²) in [5.41, 5.74) is 8.93. The highest BCUT2D eigenvalue weighted by Crippen LogP contribution is 2.44. The molecule has 0 radical (unpaired) electrons. The Morgan fingerprint density at radius 3 is 1.62 bits per heavy atom. The third-order valence-electron chi connectivity index (χ3n) is 10.2. The van der Waals surface area contributed by atoms with Gasteiger partial charge >= 0.3 is 0 Å². The summed E-state index contributed by atoms with van der Waals surface area (Å²) in [6.45, 7) is 0. The van der Waals surface area contributed by atoms with E-state index in [1.165, 1.54) is 32.4 Å². The Morgan fingerprint density at radius 1 is 0.440 bits per heavy atom. The van der Waals surface area contributed by atoms with E-state index >= 15 is 0 Å². The summed E-state index contributed by atoms with van der Waals surface area (Å²) in [4.78, 5) is 15.5. The SMILES string of the molecule is Cn1cnc2c(-c3ccccc3)nc(-n3c4c5ccccc5ccc4c4ccc5c6ccc7ccccc7c6n(-c6ccccc6)c5c43)nc21. The first-order valence-corrected chi connectivity index (χ1v) is 16.9. The van der Waals surface area contributed by atoms with Gasteiger partial charge in [-0.1, -0.05) is 133 Å². The Bertz CT molecular complexity index is 3150. The summed E-state index contributed by atoms with van der Waals surface area (Å²) in [6.07, 6.45) is 1.83. The Morgan fingerprint density at radius 2 is 0.960 bits per heavy atom. The highest BCUT2D eigenvalue weighted by atomic mass is 15.2. The number of aromatic nitrogens is 6. The standard InChI is InChI=1S/C44H28N6/c1-48-26-45-38-37(29-14-4-2-5-15-29)46-44(47-43(38)48)50-40-32-19-11-9-13-28(32)21-23-34(40)36-25-24-35-33-22-20-27-12-8-10-18-31(27)39(33)49(41(35)42(36)50)30-16-6-3-7-17-30/h2-26H,1H3. The molecule has 234 valence electrons. The van der Waals surface area contributed by atoms with Crippen LogP contribution in [0.25, 0.3) is 99.2 Å². The molecule has 0 aliphatic carbocycles. The fourth-order valence-electron chi connectivity index (χ4n) is 8.05. The number of benzene rings is 7. The lowest BCUT2D eigenvalue weighted by Gasteiger charge is -2.14. The van der Waals surface area contributed by atoms with Crippen LogP contribution in [-0.4, -0.2) is 28.7 Å². The van der Waals surface area contributed by atoms with Gasteiger partial charge in [0.25, 0.3) is 0 Å². The molecule has 0 saturated carbocycles. The Hall–Kier alpha value is -6.79. The number of para-hydroxylation sites is 1. The number of hydrogen-bond acceptors (Lipinski definition) is 3. The number of rotatable bonds is 3. The third-order valence-corrected chi connectivity index (χ3v) is 10.2. The van der Waals surface area contributed by atoms with Crippen LogP contribution in [0.15, 0.2) is 152 Å². The van der Waals surface area contributed by atoms with Crippen molar-refractivity contribution in [1.82, 2.24) is 28.7 Å². The molecular formula is C44H28N6. The number of imidazole rings is 1. The van der Waals surface area contributed by atoms with Crippen molar-refractivity contribution in [2.45, 2.75) is 0 Å². The van der Waals surface area contributed by atoms with Crippen LogP contribution in [0.4, 0.5) is 0 Å². The lowest BCUT2D eigenvalue weighted by Crippen LogP contribution is -2.06. The van der Waals surface area contributed by atoms with E-state index in [0.29, 0.717) is 5.95 Å². The minimum Gasteiger partial charge on any atom is -0.318 e. The molecule has 0 atom stereocenters. The van der Waals surface area contributed by atoms with Crippen LogP contribution in [0.3, 0.4) is 0 Å². The van der Waals surface area contributed by atoms with Crippen molar-refractivity contribution in [2.75, 3.05) is 0 Å². The van der Waals surface area contributed by atoms with E-state index in [2.05, 4.69) is 137 Å². The van der Waals surface area contributed by atoms with E-state index in [1.807, 2.05) is 36.1 Å². The molecular weight excluding hydrogens is 613 g/mol. The average Bonchev–Trinajstić information content (AvgIpc) is 3.84. The maximum atomic E-state index is 5.41. The molecule has 7 aromatic carbocycles. The quantitative estimate of drug-likeness (QED) is 0.193. The molecule has 11 rings (SSSR count). The van der Waals surface area contributed by atoms with Crippen molar-refractivity contribution in [1.29, 1.82) is 0 Å². The minimum atomic E-state index is 0.610. The second-order valence-electron chi connectivity index (χ2n) is 13.0. The van der Waals surface area contributed by atoms with Gasteiger partial charge in [-0.05, 0) is 22.9 Å². The Balaban J connectivity index is 1.42. The van der Waals surface area contributed by atoms with Crippen LogP contribution in [0.2, 0.25) is 0 Å². The molecule has 0 spiro atoms. The predicted octanol–water partition coefficient (Wildman–Crippen LogP) is 10.5. The Kier molecular flexibility index (Phi) is 5.50. The van der Waals surface area contributed by atoms with E-state index in [1.54, 1.807) is 0 Å². The molecule has 0 aliphatic rings. The second-order valence-corrected chi connectivity index (χ2v) is 13.0. The zero-order valence-electron chi connectivity index (χ0n) is 27.1. The monoisotopic (exact) mass is 640 g/mol. The van der Waals surface area contributed by atoms with Gasteiger partial charge in [0, 0.05) is 50.6 Å². The maximum absolute atomic E-state index is 5.41. The van der Waals surface area contributed by atoms with Crippen molar-refractivity contribution in [2.24, 2.45) is 7.05 Å². The molecule has 0 bridgehead atoms. The summed E-state index contributed by atoms with van der Waals surface area (Å²) >= 11 is 0. The van der Waals surface area contributed by atoms with Crippen LogP contribution in [0.5, 0.6) is 0 Å². The summed E-state index contributed by atoms with van der Waals surface area (Å²) in [5.74, 6) is 0.610. The van der Waals surface area contributed by atoms with E-state index in [9.17, 15) is 0 Å². The van der Waals surface area contributed by atoms with Crippen LogP contribution >= 0.6 is 0 Å². The summed E-state index contributed by atoms with van der Waals surface area (Å²) in [7, 11) is 2.00. The van der Waals surface area contributed by atoms with Gasteiger partial charge in [0.15, 0.2) is 5.65 Å². The van der Waals surface area contributed by atoms with Crippen molar-refractivity contribution >= 4 is 76.3 Å². The van der Waals surface area contributed by atoms with Crippen molar-refractivity contribution in [3.05, 3.63) is 152 Å². The highest BCUT2D eigenvalue weighted by Gasteiger charge is 2.25. The molecule has 0 fully saturated rings. The van der Waals surface area contributed by atoms with Gasteiger partial charge in [-0.3, -0.25) is 4.57 Å². The molecule has 50 heavy (non-hydrogen) atoms. The first kappa shape index (κ1) is 27.2. The molecule has 4 aromatic heterocycles. The lowest BCUT2D eigenvalue weighted by molar-refractivity contribution is 0.915. The fraction of sp³-hybridized carbons (Fsp3) is 0.0227. The summed E-state index contributed by atoms with van der Waals surface area (Å²) < 4.78 is 6.75. The van der Waals surface area contributed by atoms with Crippen molar-refractivity contribution < 1.29 is 0 Å². The minimum absolute atomic E-state index is 0.610. The average molecular weight is 641 g/mol. The van der Waals surface area contributed by atoms with E-state index in [4.69, 9.17) is 15.0 Å². The number of aryl methyl sites for hydroxylation is 1. The van der Waals surface area contributed by atoms with Crippen LogP contribution in [0.1, 0.15) is 0 Å². The topological polar surface area (TPSA) is 53.5 Å². The number of nitrogens with zero attached hydrogens (tertiary/aromatic N) is 6. The van der Waals surface area contributed by atoms with Gasteiger partial charge in [0.1, 0.15) is 11.2 Å². The molecule has 0 unspecified atom stereocenters. The zero-order valence-corrected chi connectivity index (χ0v) is 27.1. The second kappa shape index (κ2) is 10.1. The smallest absolute Gasteiger partial charge is 0.237 e. The number of hydrogen-bond donors (Lipinski definition) is 0. The zero-order chi connectivity index (χ0) is 32.9. The van der Waals surface area contributed by atoms with E-state index in [0.717, 1.165) is 60.8 Å². The molecule has 0 amide bonds.